The Kier molecular flexibility index (Phi) is 7.55. The van der Waals surface area contributed by atoms with Crippen LogP contribution >= 0.6 is 0 Å². The number of hydrogen-bond acceptors (Lipinski definition) is 0. The van der Waals surface area contributed by atoms with E-state index in [1.165, 1.54) is 110 Å². The van der Waals surface area contributed by atoms with Gasteiger partial charge in [-0.15, -0.1) is 0 Å². The second kappa shape index (κ2) is 13.3. The van der Waals surface area contributed by atoms with E-state index in [-0.39, 0.29) is 0 Å². The average Bonchev–Trinajstić information content (AvgIpc) is 3.61. The van der Waals surface area contributed by atoms with Crippen molar-refractivity contribution in [1.29, 1.82) is 0 Å². The first-order valence-corrected chi connectivity index (χ1v) is 20.6. The van der Waals surface area contributed by atoms with Gasteiger partial charge in [0, 0.05) is 0 Å². The summed E-state index contributed by atoms with van der Waals surface area (Å²) in [4.78, 5) is 0. The van der Waals surface area contributed by atoms with Crippen LogP contribution < -0.4 is 0 Å². The molecule has 1 aliphatic carbocycles. The Labute approximate surface area is 344 Å². The molecule has 0 atom stereocenters. The Balaban J connectivity index is 1.15. The summed E-state index contributed by atoms with van der Waals surface area (Å²) in [5.41, 5.74) is 14.6. The Morgan fingerprint density at radius 3 is 1.41 bits per heavy atom. The van der Waals surface area contributed by atoms with Crippen LogP contribution in [0.5, 0.6) is 0 Å². The van der Waals surface area contributed by atoms with Crippen LogP contribution in [0.3, 0.4) is 0 Å². The highest BCUT2D eigenvalue weighted by Crippen LogP contribution is 2.60. The molecule has 59 heavy (non-hydrogen) atoms. The predicted octanol–water partition coefficient (Wildman–Crippen LogP) is 15.7. The van der Waals surface area contributed by atoms with Crippen molar-refractivity contribution in [3.63, 3.8) is 0 Å². The van der Waals surface area contributed by atoms with Gasteiger partial charge >= 0.3 is 0 Å². The van der Waals surface area contributed by atoms with Crippen molar-refractivity contribution in [2.45, 2.75) is 5.41 Å². The van der Waals surface area contributed by atoms with Crippen LogP contribution in [0.2, 0.25) is 0 Å². The first-order valence-electron chi connectivity index (χ1n) is 20.6. The highest BCUT2D eigenvalue weighted by atomic mass is 14.5. The fraction of sp³-hybridized carbons (Fsp3) is 0.0169. The molecule has 0 spiro atoms. The van der Waals surface area contributed by atoms with Gasteiger partial charge in [0.1, 0.15) is 0 Å². The summed E-state index contributed by atoms with van der Waals surface area (Å²) < 4.78 is 0. The number of hydrogen-bond donors (Lipinski definition) is 0. The fourth-order valence-electron chi connectivity index (χ4n) is 10.4. The summed E-state index contributed by atoms with van der Waals surface area (Å²) in [7, 11) is 0. The molecule has 0 saturated carbocycles. The van der Waals surface area contributed by atoms with Crippen molar-refractivity contribution in [3.05, 3.63) is 253 Å². The molecule has 0 N–H and O–H groups in total. The lowest BCUT2D eigenvalue weighted by molar-refractivity contribution is 0.769. The third kappa shape index (κ3) is 5.03. The molecule has 0 aliphatic heterocycles. The molecule has 0 saturated heterocycles. The van der Waals surface area contributed by atoms with Crippen molar-refractivity contribution >= 4 is 43.1 Å². The SMILES string of the molecule is c1ccc(C2(c3ccccc3)c3cc(-c4ccc(-c5ccc6ccccc6c5)c5ccccc45)ccc3-c3c2cc(-c2cccc4ccccc24)c2ccccc32)cc1. The summed E-state index contributed by atoms with van der Waals surface area (Å²) in [5, 5.41) is 10.1. The van der Waals surface area contributed by atoms with Crippen molar-refractivity contribution in [1.82, 2.24) is 0 Å². The van der Waals surface area contributed by atoms with Crippen LogP contribution in [-0.2, 0) is 5.41 Å². The first kappa shape index (κ1) is 33.6. The van der Waals surface area contributed by atoms with E-state index in [1.54, 1.807) is 0 Å². The van der Waals surface area contributed by atoms with Gasteiger partial charge in [-0.2, -0.15) is 0 Å². The van der Waals surface area contributed by atoms with Crippen LogP contribution in [0.4, 0.5) is 0 Å². The maximum Gasteiger partial charge on any atom is 0.0714 e. The van der Waals surface area contributed by atoms with E-state index in [9.17, 15) is 0 Å². The van der Waals surface area contributed by atoms with Gasteiger partial charge in [-0.1, -0.05) is 212 Å². The third-order valence-electron chi connectivity index (χ3n) is 12.9. The minimum absolute atomic E-state index is 0.576. The molecule has 0 heteroatoms. The molecule has 274 valence electrons. The highest BCUT2D eigenvalue weighted by Gasteiger charge is 2.47. The topological polar surface area (TPSA) is 0 Å². The van der Waals surface area contributed by atoms with Crippen LogP contribution in [-0.4, -0.2) is 0 Å². The molecule has 1 aliphatic rings. The lowest BCUT2D eigenvalue weighted by Crippen LogP contribution is -2.28. The number of fused-ring (bicyclic) bond motifs is 8. The predicted molar refractivity (Wildman–Crippen MR) is 250 cm³/mol. The van der Waals surface area contributed by atoms with E-state index in [2.05, 4.69) is 231 Å². The standard InChI is InChI=1S/C59H38/c1-3-20-44(21-4-1)59(45-22-5-2-6-23-45)56-37-43(48-35-34-47(49-25-11-12-26-50(48)49)42-31-30-39-16-7-8-18-41(39)36-42)32-33-54(56)58-53-28-14-13-27-52(53)55(38-57(58)59)51-29-15-19-40-17-9-10-24-46(40)51/h1-38H. The van der Waals surface area contributed by atoms with E-state index >= 15 is 0 Å². The minimum atomic E-state index is -0.576. The summed E-state index contributed by atoms with van der Waals surface area (Å²) >= 11 is 0. The van der Waals surface area contributed by atoms with Crippen LogP contribution in [0.15, 0.2) is 231 Å². The maximum absolute atomic E-state index is 2.53. The van der Waals surface area contributed by atoms with E-state index in [0.29, 0.717) is 0 Å². The summed E-state index contributed by atoms with van der Waals surface area (Å²) in [6, 6.07) is 85.9. The first-order chi connectivity index (χ1) is 29.3. The van der Waals surface area contributed by atoms with E-state index in [1.807, 2.05) is 0 Å². The zero-order valence-corrected chi connectivity index (χ0v) is 32.4. The second-order valence-corrected chi connectivity index (χ2v) is 15.9. The highest BCUT2D eigenvalue weighted by molar-refractivity contribution is 6.14. The van der Waals surface area contributed by atoms with Crippen LogP contribution in [0.1, 0.15) is 22.3 Å². The molecule has 0 aromatic heterocycles. The van der Waals surface area contributed by atoms with E-state index in [4.69, 9.17) is 0 Å². The molecule has 0 unspecified atom stereocenters. The molecule has 0 nitrogen and oxygen atoms in total. The average molecular weight is 747 g/mol. The molecule has 0 fully saturated rings. The Morgan fingerprint density at radius 1 is 0.237 bits per heavy atom. The lowest BCUT2D eigenvalue weighted by Gasteiger charge is -2.34. The molecule has 11 aromatic rings. The van der Waals surface area contributed by atoms with Crippen LogP contribution in [0, 0.1) is 0 Å². The van der Waals surface area contributed by atoms with Gasteiger partial charge in [0.05, 0.1) is 5.41 Å². The second-order valence-electron chi connectivity index (χ2n) is 15.9. The van der Waals surface area contributed by atoms with Gasteiger partial charge < -0.3 is 0 Å². The van der Waals surface area contributed by atoms with Gasteiger partial charge in [0.25, 0.3) is 0 Å². The molecule has 0 radical (unpaired) electrons. The molecular formula is C59H38. The molecule has 0 heterocycles. The van der Waals surface area contributed by atoms with Crippen molar-refractivity contribution in [2.24, 2.45) is 0 Å². The van der Waals surface area contributed by atoms with Crippen LogP contribution in [0.25, 0.3) is 87.6 Å². The number of rotatable bonds is 5. The zero-order valence-electron chi connectivity index (χ0n) is 32.4. The smallest absolute Gasteiger partial charge is 0.0622 e. The Morgan fingerprint density at radius 2 is 0.729 bits per heavy atom. The number of benzene rings is 11. The van der Waals surface area contributed by atoms with Crippen molar-refractivity contribution in [2.75, 3.05) is 0 Å². The van der Waals surface area contributed by atoms with Gasteiger partial charge in [0.15, 0.2) is 0 Å². The van der Waals surface area contributed by atoms with Gasteiger partial charge in [-0.05, 0) is 128 Å². The molecule has 0 amide bonds. The summed E-state index contributed by atoms with van der Waals surface area (Å²) in [6.45, 7) is 0. The largest absolute Gasteiger partial charge is 0.0714 e. The monoisotopic (exact) mass is 746 g/mol. The zero-order chi connectivity index (χ0) is 38.9. The summed E-state index contributed by atoms with van der Waals surface area (Å²) in [5.74, 6) is 0. The minimum Gasteiger partial charge on any atom is -0.0622 e. The lowest BCUT2D eigenvalue weighted by atomic mass is 9.67. The molecular weight excluding hydrogens is 709 g/mol. The third-order valence-corrected chi connectivity index (χ3v) is 12.9. The maximum atomic E-state index is 2.53. The Hall–Kier alpha value is -7.54. The quantitative estimate of drug-likeness (QED) is 0.165. The van der Waals surface area contributed by atoms with Gasteiger partial charge in [-0.25, -0.2) is 0 Å². The molecule has 12 rings (SSSR count). The normalized spacial score (nSPS) is 12.9. The fourth-order valence-corrected chi connectivity index (χ4v) is 10.4. The van der Waals surface area contributed by atoms with E-state index < -0.39 is 5.41 Å². The van der Waals surface area contributed by atoms with Gasteiger partial charge in [0.2, 0.25) is 0 Å². The van der Waals surface area contributed by atoms with Crippen molar-refractivity contribution < 1.29 is 0 Å². The summed E-state index contributed by atoms with van der Waals surface area (Å²) in [6.07, 6.45) is 0. The van der Waals surface area contributed by atoms with Gasteiger partial charge in [-0.3, -0.25) is 0 Å². The Bertz CT molecular complexity index is 3380. The van der Waals surface area contributed by atoms with Crippen molar-refractivity contribution in [3.8, 4) is 44.5 Å². The molecule has 11 aromatic carbocycles. The molecule has 0 bridgehead atoms. The van der Waals surface area contributed by atoms with E-state index in [0.717, 1.165) is 0 Å².